The number of anilines is 1. The fourth-order valence-corrected chi connectivity index (χ4v) is 4.94. The zero-order valence-electron chi connectivity index (χ0n) is 15.7. The Morgan fingerprint density at radius 1 is 1.36 bits per heavy atom. The number of carbonyl (C=O) groups is 1. The molecule has 0 saturated carbocycles. The first-order valence-electron chi connectivity index (χ1n) is 9.11. The van der Waals surface area contributed by atoms with Gasteiger partial charge in [0, 0.05) is 16.0 Å². The Labute approximate surface area is 171 Å². The SMILES string of the molecule is COc1cc(Cl)c(C)cc1NC(=O)Cn1cnc2sc3c(c2c1=O)CCCC3. The van der Waals surface area contributed by atoms with Gasteiger partial charge in [-0.1, -0.05) is 11.6 Å². The summed E-state index contributed by atoms with van der Waals surface area (Å²) >= 11 is 7.71. The van der Waals surface area contributed by atoms with Crippen LogP contribution < -0.4 is 15.6 Å². The van der Waals surface area contributed by atoms with Crippen molar-refractivity contribution >= 4 is 44.7 Å². The van der Waals surface area contributed by atoms with Gasteiger partial charge >= 0.3 is 0 Å². The van der Waals surface area contributed by atoms with E-state index in [-0.39, 0.29) is 18.0 Å². The van der Waals surface area contributed by atoms with E-state index in [0.29, 0.717) is 21.8 Å². The Hall–Kier alpha value is -2.38. The zero-order chi connectivity index (χ0) is 19.8. The van der Waals surface area contributed by atoms with E-state index in [1.807, 2.05) is 6.92 Å². The van der Waals surface area contributed by atoms with Gasteiger partial charge in [-0.2, -0.15) is 0 Å². The lowest BCUT2D eigenvalue weighted by Gasteiger charge is -2.13. The Kier molecular flexibility index (Phi) is 5.12. The minimum Gasteiger partial charge on any atom is -0.495 e. The summed E-state index contributed by atoms with van der Waals surface area (Å²) in [5.41, 5.74) is 2.31. The highest BCUT2D eigenvalue weighted by molar-refractivity contribution is 7.18. The standard InChI is InChI=1S/C20H20ClN3O3S/c1-11-7-14(15(27-2)8-13(11)21)23-17(25)9-24-10-22-19-18(20(24)26)12-5-3-4-6-16(12)28-19/h7-8,10H,3-6,9H2,1-2H3,(H,23,25). The molecule has 28 heavy (non-hydrogen) atoms. The minimum absolute atomic E-state index is 0.114. The fourth-order valence-electron chi connectivity index (χ4n) is 3.57. The summed E-state index contributed by atoms with van der Waals surface area (Å²) in [5.74, 6) is 0.143. The second-order valence-corrected chi connectivity index (χ2v) is 8.41. The van der Waals surface area contributed by atoms with Gasteiger partial charge in [-0.3, -0.25) is 14.2 Å². The molecule has 4 rings (SSSR count). The van der Waals surface area contributed by atoms with Crippen molar-refractivity contribution in [1.29, 1.82) is 0 Å². The molecule has 0 bridgehead atoms. The zero-order valence-corrected chi connectivity index (χ0v) is 17.2. The molecule has 0 saturated heterocycles. The number of hydrogen-bond acceptors (Lipinski definition) is 5. The number of nitrogens with one attached hydrogen (secondary N) is 1. The molecule has 8 heteroatoms. The van der Waals surface area contributed by atoms with Crippen molar-refractivity contribution < 1.29 is 9.53 Å². The van der Waals surface area contributed by atoms with E-state index in [1.54, 1.807) is 23.5 Å². The number of aryl methyl sites for hydroxylation is 3. The molecule has 1 N–H and O–H groups in total. The van der Waals surface area contributed by atoms with E-state index in [4.69, 9.17) is 16.3 Å². The fraction of sp³-hybridized carbons (Fsp3) is 0.350. The summed E-state index contributed by atoms with van der Waals surface area (Å²) < 4.78 is 6.66. The third kappa shape index (κ3) is 3.40. The summed E-state index contributed by atoms with van der Waals surface area (Å²) in [6, 6.07) is 3.41. The molecular weight excluding hydrogens is 398 g/mol. The molecule has 0 fully saturated rings. The molecule has 1 aliphatic carbocycles. The van der Waals surface area contributed by atoms with E-state index in [1.165, 1.54) is 22.9 Å². The number of nitrogens with zero attached hydrogens (tertiary/aromatic N) is 2. The predicted molar refractivity (Wildman–Crippen MR) is 112 cm³/mol. The van der Waals surface area contributed by atoms with Crippen LogP contribution in [0.15, 0.2) is 23.3 Å². The van der Waals surface area contributed by atoms with Gasteiger partial charge in [0.15, 0.2) is 0 Å². The van der Waals surface area contributed by atoms with Gasteiger partial charge in [-0.15, -0.1) is 11.3 Å². The number of carbonyl (C=O) groups excluding carboxylic acids is 1. The number of hydrogen-bond donors (Lipinski definition) is 1. The largest absolute Gasteiger partial charge is 0.495 e. The summed E-state index contributed by atoms with van der Waals surface area (Å²) in [7, 11) is 1.51. The van der Waals surface area contributed by atoms with E-state index < -0.39 is 0 Å². The quantitative estimate of drug-likeness (QED) is 0.697. The molecule has 2 aromatic heterocycles. The molecule has 1 aromatic carbocycles. The lowest BCUT2D eigenvalue weighted by molar-refractivity contribution is -0.116. The van der Waals surface area contributed by atoms with Gasteiger partial charge in [0.2, 0.25) is 5.91 Å². The molecule has 1 aliphatic rings. The average molecular weight is 418 g/mol. The van der Waals surface area contributed by atoms with Gasteiger partial charge in [-0.05, 0) is 49.8 Å². The summed E-state index contributed by atoms with van der Waals surface area (Å²) in [6.07, 6.45) is 5.61. The third-order valence-corrected chi connectivity index (χ3v) is 6.62. The molecule has 0 spiro atoms. The molecule has 0 atom stereocenters. The van der Waals surface area contributed by atoms with Crippen LogP contribution in [-0.2, 0) is 24.2 Å². The molecule has 2 heterocycles. The van der Waals surface area contributed by atoms with Crippen molar-refractivity contribution in [2.24, 2.45) is 0 Å². The first-order valence-corrected chi connectivity index (χ1v) is 10.3. The van der Waals surface area contributed by atoms with E-state index in [9.17, 15) is 9.59 Å². The number of amides is 1. The predicted octanol–water partition coefficient (Wildman–Crippen LogP) is 3.95. The van der Waals surface area contributed by atoms with Crippen molar-refractivity contribution in [1.82, 2.24) is 9.55 Å². The van der Waals surface area contributed by atoms with Crippen LogP contribution in [0.3, 0.4) is 0 Å². The highest BCUT2D eigenvalue weighted by atomic mass is 35.5. The highest BCUT2D eigenvalue weighted by Gasteiger charge is 2.20. The number of thiophene rings is 1. The van der Waals surface area contributed by atoms with E-state index in [0.717, 1.165) is 41.6 Å². The van der Waals surface area contributed by atoms with Crippen molar-refractivity contribution in [2.75, 3.05) is 12.4 Å². The molecule has 146 valence electrons. The molecule has 0 aliphatic heterocycles. The maximum Gasteiger partial charge on any atom is 0.262 e. The number of benzene rings is 1. The Morgan fingerprint density at radius 2 is 2.14 bits per heavy atom. The lowest BCUT2D eigenvalue weighted by Crippen LogP contribution is -2.28. The van der Waals surface area contributed by atoms with Gasteiger partial charge in [0.25, 0.3) is 5.56 Å². The van der Waals surface area contributed by atoms with Gasteiger partial charge in [0.05, 0.1) is 24.5 Å². The highest BCUT2D eigenvalue weighted by Crippen LogP contribution is 2.33. The monoisotopic (exact) mass is 417 g/mol. The normalized spacial score (nSPS) is 13.4. The van der Waals surface area contributed by atoms with Crippen LogP contribution in [0.1, 0.15) is 28.8 Å². The number of rotatable bonds is 4. The second kappa shape index (κ2) is 7.56. The summed E-state index contributed by atoms with van der Waals surface area (Å²) in [4.78, 5) is 32.0. The maximum absolute atomic E-state index is 13.0. The number of aromatic nitrogens is 2. The van der Waals surface area contributed by atoms with Crippen molar-refractivity contribution in [2.45, 2.75) is 39.2 Å². The average Bonchev–Trinajstić information content (AvgIpc) is 3.06. The van der Waals surface area contributed by atoms with Crippen molar-refractivity contribution in [3.8, 4) is 5.75 Å². The van der Waals surface area contributed by atoms with E-state index >= 15 is 0 Å². The van der Waals surface area contributed by atoms with Gasteiger partial charge in [0.1, 0.15) is 17.1 Å². The number of methoxy groups -OCH3 is 1. The minimum atomic E-state index is -0.327. The van der Waals surface area contributed by atoms with Crippen LogP contribution in [0.5, 0.6) is 5.75 Å². The topological polar surface area (TPSA) is 73.2 Å². The summed E-state index contributed by atoms with van der Waals surface area (Å²) in [6.45, 7) is 1.73. The Morgan fingerprint density at radius 3 is 2.93 bits per heavy atom. The van der Waals surface area contributed by atoms with E-state index in [2.05, 4.69) is 10.3 Å². The molecule has 0 unspecified atom stereocenters. The van der Waals surface area contributed by atoms with Crippen LogP contribution in [0.4, 0.5) is 5.69 Å². The molecule has 1 amide bonds. The molecule has 3 aromatic rings. The molecular formula is C20H20ClN3O3S. The van der Waals surface area contributed by atoms with Crippen molar-refractivity contribution in [3.63, 3.8) is 0 Å². The maximum atomic E-state index is 13.0. The van der Waals surface area contributed by atoms with Crippen molar-refractivity contribution in [3.05, 3.63) is 49.8 Å². The lowest BCUT2D eigenvalue weighted by atomic mass is 9.97. The van der Waals surface area contributed by atoms with Crippen LogP contribution in [0.2, 0.25) is 5.02 Å². The smallest absolute Gasteiger partial charge is 0.262 e. The molecule has 0 radical (unpaired) electrons. The first kappa shape index (κ1) is 19.0. The van der Waals surface area contributed by atoms with Crippen LogP contribution in [-0.4, -0.2) is 22.6 Å². The Balaban J connectivity index is 1.62. The number of ether oxygens (including phenoxy) is 1. The third-order valence-electron chi connectivity index (χ3n) is 5.01. The number of halogens is 1. The number of fused-ring (bicyclic) bond motifs is 3. The second-order valence-electron chi connectivity index (χ2n) is 6.92. The van der Waals surface area contributed by atoms with Crippen LogP contribution in [0.25, 0.3) is 10.2 Å². The Bertz CT molecular complexity index is 1140. The molecule has 6 nitrogen and oxygen atoms in total. The van der Waals surface area contributed by atoms with Crippen LogP contribution >= 0.6 is 22.9 Å². The summed E-state index contributed by atoms with van der Waals surface area (Å²) in [5, 5.41) is 4.04. The van der Waals surface area contributed by atoms with Gasteiger partial charge in [-0.25, -0.2) is 4.98 Å². The van der Waals surface area contributed by atoms with Gasteiger partial charge < -0.3 is 10.1 Å². The van der Waals surface area contributed by atoms with Crippen LogP contribution in [0, 0.1) is 6.92 Å². The first-order chi connectivity index (χ1) is 13.5.